The third kappa shape index (κ3) is 2.83. The smallest absolute Gasteiger partial charge is 0.395 e. The Morgan fingerprint density at radius 1 is 1.32 bits per heavy atom. The SMILES string of the molecule is O=C(Nc1cccc(-c2nn3cnnc3s2)c1)c1ccc([N+](=O)[O-])o1. The van der Waals surface area contributed by atoms with Gasteiger partial charge in [-0.25, -0.2) is 0 Å². The van der Waals surface area contributed by atoms with Gasteiger partial charge in [-0.3, -0.25) is 14.9 Å². The van der Waals surface area contributed by atoms with Crippen LogP contribution in [0.25, 0.3) is 15.5 Å². The zero-order chi connectivity index (χ0) is 17.4. The second-order valence-electron chi connectivity index (χ2n) is 4.90. The van der Waals surface area contributed by atoms with Crippen LogP contribution in [0, 0.1) is 10.1 Å². The van der Waals surface area contributed by atoms with Crippen molar-refractivity contribution in [2.75, 3.05) is 5.32 Å². The quantitative estimate of drug-likeness (QED) is 0.439. The Hall–Kier alpha value is -3.60. The number of carbonyl (C=O) groups excluding carboxylic acids is 1. The van der Waals surface area contributed by atoms with Gasteiger partial charge >= 0.3 is 5.88 Å². The first-order valence-electron chi connectivity index (χ1n) is 6.93. The van der Waals surface area contributed by atoms with E-state index >= 15 is 0 Å². The molecular weight excluding hydrogens is 348 g/mol. The summed E-state index contributed by atoms with van der Waals surface area (Å²) >= 11 is 1.36. The molecule has 0 aliphatic heterocycles. The van der Waals surface area contributed by atoms with Gasteiger partial charge in [0.25, 0.3) is 5.91 Å². The lowest BCUT2D eigenvalue weighted by Gasteiger charge is -2.04. The highest BCUT2D eigenvalue weighted by molar-refractivity contribution is 7.19. The molecule has 0 aliphatic rings. The Bertz CT molecular complexity index is 1070. The van der Waals surface area contributed by atoms with Crippen molar-refractivity contribution in [1.82, 2.24) is 19.8 Å². The zero-order valence-electron chi connectivity index (χ0n) is 12.3. The predicted octanol–water partition coefficient (Wildman–Crippen LogP) is 2.61. The highest BCUT2D eigenvalue weighted by Crippen LogP contribution is 2.27. The number of nitrogens with zero attached hydrogens (tertiary/aromatic N) is 5. The van der Waals surface area contributed by atoms with E-state index in [0.717, 1.165) is 16.6 Å². The number of fused-ring (bicyclic) bond motifs is 1. The first-order chi connectivity index (χ1) is 12.1. The molecule has 124 valence electrons. The van der Waals surface area contributed by atoms with Crippen LogP contribution >= 0.6 is 11.3 Å². The number of carbonyl (C=O) groups is 1. The molecular formula is C14H8N6O4S. The van der Waals surface area contributed by atoms with Crippen LogP contribution in [-0.2, 0) is 0 Å². The molecule has 3 aromatic heterocycles. The van der Waals surface area contributed by atoms with E-state index < -0.39 is 16.7 Å². The molecule has 1 N–H and O–H groups in total. The Kier molecular flexibility index (Phi) is 3.47. The molecule has 0 saturated heterocycles. The van der Waals surface area contributed by atoms with Gasteiger partial charge in [-0.05, 0) is 18.2 Å². The van der Waals surface area contributed by atoms with Crippen molar-refractivity contribution in [3.63, 3.8) is 0 Å². The number of nitro groups is 1. The summed E-state index contributed by atoms with van der Waals surface area (Å²) in [6, 6.07) is 9.42. The Morgan fingerprint density at radius 3 is 2.96 bits per heavy atom. The maximum atomic E-state index is 12.1. The molecule has 11 heteroatoms. The molecule has 0 fully saturated rings. The molecule has 0 saturated carbocycles. The summed E-state index contributed by atoms with van der Waals surface area (Å²) in [4.78, 5) is 22.7. The lowest BCUT2D eigenvalue weighted by atomic mass is 10.2. The fourth-order valence-electron chi connectivity index (χ4n) is 2.15. The minimum atomic E-state index is -0.703. The summed E-state index contributed by atoms with van der Waals surface area (Å²) in [5.74, 6) is -1.21. The van der Waals surface area contributed by atoms with Gasteiger partial charge in [-0.1, -0.05) is 23.5 Å². The van der Waals surface area contributed by atoms with E-state index in [1.54, 1.807) is 22.7 Å². The molecule has 0 aliphatic carbocycles. The average Bonchev–Trinajstić information content (AvgIpc) is 3.30. The van der Waals surface area contributed by atoms with Crippen molar-refractivity contribution in [1.29, 1.82) is 0 Å². The van der Waals surface area contributed by atoms with Gasteiger partial charge in [-0.2, -0.15) is 9.61 Å². The van der Waals surface area contributed by atoms with E-state index in [-0.39, 0.29) is 5.76 Å². The average molecular weight is 356 g/mol. The molecule has 0 radical (unpaired) electrons. The number of nitrogens with one attached hydrogen (secondary N) is 1. The van der Waals surface area contributed by atoms with E-state index in [2.05, 4.69) is 20.6 Å². The minimum absolute atomic E-state index is 0.143. The van der Waals surface area contributed by atoms with Crippen LogP contribution in [0.2, 0.25) is 0 Å². The van der Waals surface area contributed by atoms with Gasteiger partial charge in [0.1, 0.15) is 16.3 Å². The van der Waals surface area contributed by atoms with Crippen LogP contribution in [0.4, 0.5) is 11.6 Å². The number of aromatic nitrogens is 4. The number of furan rings is 1. The number of hydrogen-bond donors (Lipinski definition) is 1. The summed E-state index contributed by atoms with van der Waals surface area (Å²) in [5.41, 5.74) is 1.30. The molecule has 0 bridgehead atoms. The molecule has 1 aromatic carbocycles. The number of amides is 1. The molecule has 4 aromatic rings. The summed E-state index contributed by atoms with van der Waals surface area (Å²) in [7, 11) is 0. The van der Waals surface area contributed by atoms with Crippen molar-refractivity contribution in [2.24, 2.45) is 0 Å². The Labute approximate surface area is 142 Å². The Morgan fingerprint density at radius 2 is 2.20 bits per heavy atom. The first-order valence-corrected chi connectivity index (χ1v) is 7.75. The van der Waals surface area contributed by atoms with Crippen LogP contribution < -0.4 is 5.32 Å². The highest BCUT2D eigenvalue weighted by atomic mass is 32.1. The molecule has 0 spiro atoms. The van der Waals surface area contributed by atoms with Crippen LogP contribution in [0.1, 0.15) is 10.6 Å². The van der Waals surface area contributed by atoms with E-state index in [1.807, 2.05) is 6.07 Å². The zero-order valence-corrected chi connectivity index (χ0v) is 13.1. The standard InChI is InChI=1S/C14H8N6O4S/c21-12(10-4-5-11(24-10)20(22)23)16-9-3-1-2-8(6-9)13-18-19-7-15-17-14(19)25-13/h1-7H,(H,16,21). The lowest BCUT2D eigenvalue weighted by Crippen LogP contribution is -2.10. The van der Waals surface area contributed by atoms with Crippen LogP contribution in [0.5, 0.6) is 0 Å². The van der Waals surface area contributed by atoms with Gasteiger partial charge < -0.3 is 9.73 Å². The molecule has 0 atom stereocenters. The van der Waals surface area contributed by atoms with E-state index in [4.69, 9.17) is 4.42 Å². The minimum Gasteiger partial charge on any atom is -0.395 e. The number of benzene rings is 1. The molecule has 3 heterocycles. The fourth-order valence-corrected chi connectivity index (χ4v) is 2.96. The summed E-state index contributed by atoms with van der Waals surface area (Å²) < 4.78 is 6.45. The van der Waals surface area contributed by atoms with E-state index in [9.17, 15) is 14.9 Å². The maximum Gasteiger partial charge on any atom is 0.433 e. The molecule has 0 unspecified atom stereocenters. The Balaban J connectivity index is 1.57. The molecule has 1 amide bonds. The fraction of sp³-hybridized carbons (Fsp3) is 0. The van der Waals surface area contributed by atoms with Crippen molar-refractivity contribution in [3.8, 4) is 10.6 Å². The topological polar surface area (TPSA) is 128 Å². The van der Waals surface area contributed by atoms with Crippen LogP contribution in [0.3, 0.4) is 0 Å². The first kappa shape index (κ1) is 15.0. The van der Waals surface area contributed by atoms with Gasteiger partial charge in [0.2, 0.25) is 4.96 Å². The van der Waals surface area contributed by atoms with E-state index in [1.165, 1.54) is 23.7 Å². The summed E-state index contributed by atoms with van der Waals surface area (Å²) in [5, 5.41) is 26.0. The highest BCUT2D eigenvalue weighted by Gasteiger charge is 2.17. The molecule has 25 heavy (non-hydrogen) atoms. The van der Waals surface area contributed by atoms with Crippen molar-refractivity contribution in [3.05, 3.63) is 58.6 Å². The lowest BCUT2D eigenvalue weighted by molar-refractivity contribution is -0.402. The normalized spacial score (nSPS) is 10.9. The number of rotatable bonds is 4. The maximum absolute atomic E-state index is 12.1. The summed E-state index contributed by atoms with van der Waals surface area (Å²) in [6.45, 7) is 0. The van der Waals surface area contributed by atoms with Gasteiger partial charge in [0.05, 0.1) is 6.07 Å². The van der Waals surface area contributed by atoms with Gasteiger partial charge in [0, 0.05) is 11.3 Å². The summed E-state index contributed by atoms with van der Waals surface area (Å²) in [6.07, 6.45) is 1.50. The second kappa shape index (κ2) is 5.79. The van der Waals surface area contributed by atoms with E-state index in [0.29, 0.717) is 10.6 Å². The monoisotopic (exact) mass is 356 g/mol. The molecule has 10 nitrogen and oxygen atoms in total. The molecule has 4 rings (SSSR count). The number of hydrogen-bond acceptors (Lipinski definition) is 8. The third-order valence-electron chi connectivity index (χ3n) is 3.25. The van der Waals surface area contributed by atoms with Crippen molar-refractivity contribution in [2.45, 2.75) is 0 Å². The van der Waals surface area contributed by atoms with Crippen molar-refractivity contribution < 1.29 is 14.1 Å². The van der Waals surface area contributed by atoms with Gasteiger partial charge in [0.15, 0.2) is 5.76 Å². The van der Waals surface area contributed by atoms with Gasteiger partial charge in [-0.15, -0.1) is 10.2 Å². The third-order valence-corrected chi connectivity index (χ3v) is 4.21. The largest absolute Gasteiger partial charge is 0.433 e. The van der Waals surface area contributed by atoms with Crippen LogP contribution in [0.15, 0.2) is 47.1 Å². The van der Waals surface area contributed by atoms with Crippen molar-refractivity contribution >= 4 is 33.8 Å². The second-order valence-corrected chi connectivity index (χ2v) is 5.85. The predicted molar refractivity (Wildman–Crippen MR) is 87.4 cm³/mol. The number of anilines is 1. The van der Waals surface area contributed by atoms with Crippen LogP contribution in [-0.4, -0.2) is 30.6 Å².